The summed E-state index contributed by atoms with van der Waals surface area (Å²) in [6, 6.07) is 0. The minimum Gasteiger partial charge on any atom is -0.394 e. The summed E-state index contributed by atoms with van der Waals surface area (Å²) < 4.78 is 10.8. The molecule has 0 bridgehead atoms. The maximum Gasteiger partial charge on any atom is 0.184 e. The number of aliphatic hydroxyl groups excluding tert-OH is 3. The lowest BCUT2D eigenvalue weighted by molar-refractivity contribution is -0.270. The molecule has 4 atom stereocenters. The van der Waals surface area contributed by atoms with Gasteiger partial charge in [0.2, 0.25) is 0 Å². The van der Waals surface area contributed by atoms with E-state index in [9.17, 15) is 10.2 Å². The van der Waals surface area contributed by atoms with Crippen molar-refractivity contribution in [2.45, 2.75) is 70.1 Å². The lowest BCUT2D eigenvalue weighted by Crippen LogP contribution is -2.49. The van der Waals surface area contributed by atoms with Crippen molar-refractivity contribution in [2.24, 2.45) is 0 Å². The van der Waals surface area contributed by atoms with E-state index in [1.54, 1.807) is 0 Å². The van der Waals surface area contributed by atoms with Crippen molar-refractivity contribution in [3.63, 3.8) is 0 Å². The van der Waals surface area contributed by atoms with Crippen molar-refractivity contribution in [3.8, 4) is 0 Å². The van der Waals surface area contributed by atoms with E-state index in [-0.39, 0.29) is 13.0 Å². The highest BCUT2D eigenvalue weighted by Crippen LogP contribution is 2.21. The predicted molar refractivity (Wildman–Crippen MR) is 67.1 cm³/mol. The summed E-state index contributed by atoms with van der Waals surface area (Å²) in [5, 5.41) is 28.2. The zero-order valence-electron chi connectivity index (χ0n) is 11.1. The molecule has 1 aliphatic heterocycles. The molecule has 0 spiro atoms. The van der Waals surface area contributed by atoms with E-state index in [2.05, 4.69) is 6.92 Å². The minimum absolute atomic E-state index is 0.186. The maximum atomic E-state index is 9.70. The topological polar surface area (TPSA) is 79.2 Å². The fourth-order valence-corrected chi connectivity index (χ4v) is 2.08. The van der Waals surface area contributed by atoms with Crippen LogP contribution in [0.1, 0.15) is 45.4 Å². The smallest absolute Gasteiger partial charge is 0.184 e. The summed E-state index contributed by atoms with van der Waals surface area (Å²) >= 11 is 0. The summed E-state index contributed by atoms with van der Waals surface area (Å²) in [5.41, 5.74) is 0. The van der Waals surface area contributed by atoms with Crippen LogP contribution in [0.25, 0.3) is 0 Å². The molecular weight excluding hydrogens is 236 g/mol. The number of unbranched alkanes of at least 4 members (excludes halogenated alkanes) is 4. The Morgan fingerprint density at radius 2 is 1.83 bits per heavy atom. The normalized spacial score (nSPS) is 32.7. The number of hydrogen-bond donors (Lipinski definition) is 3. The molecule has 1 saturated heterocycles. The summed E-state index contributed by atoms with van der Waals surface area (Å²) in [7, 11) is 0. The number of rotatable bonds is 8. The molecule has 5 nitrogen and oxygen atoms in total. The van der Waals surface area contributed by atoms with Crippen LogP contribution in [0.5, 0.6) is 0 Å². The molecule has 1 rings (SSSR count). The lowest BCUT2D eigenvalue weighted by Gasteiger charge is -2.36. The Kier molecular flexibility index (Phi) is 7.77. The van der Waals surface area contributed by atoms with Crippen LogP contribution < -0.4 is 0 Å². The van der Waals surface area contributed by atoms with E-state index in [1.165, 1.54) is 19.3 Å². The molecule has 5 heteroatoms. The first kappa shape index (κ1) is 15.9. The molecule has 1 fully saturated rings. The highest BCUT2D eigenvalue weighted by molar-refractivity contribution is 4.80. The van der Waals surface area contributed by atoms with Gasteiger partial charge in [-0.25, -0.2) is 0 Å². The second-order valence-electron chi connectivity index (χ2n) is 4.88. The largest absolute Gasteiger partial charge is 0.394 e. The molecule has 18 heavy (non-hydrogen) atoms. The average molecular weight is 262 g/mol. The Bertz CT molecular complexity index is 212. The van der Waals surface area contributed by atoms with Gasteiger partial charge in [0.15, 0.2) is 6.29 Å². The standard InChI is InChI=1S/C13H26O5/c1-2-3-4-5-6-7-17-13-11(16)8-10(15)12(9-14)18-13/h10-16H,2-9H2,1H3/t10-,11-,12+,13-/m0/s1. The lowest BCUT2D eigenvalue weighted by atomic mass is 10.0. The van der Waals surface area contributed by atoms with Gasteiger partial charge in [0.25, 0.3) is 0 Å². The Labute approximate surface area is 109 Å². The second-order valence-corrected chi connectivity index (χ2v) is 4.88. The fourth-order valence-electron chi connectivity index (χ4n) is 2.08. The summed E-state index contributed by atoms with van der Waals surface area (Å²) in [6.45, 7) is 2.45. The zero-order chi connectivity index (χ0) is 13.4. The molecule has 1 aliphatic rings. The summed E-state index contributed by atoms with van der Waals surface area (Å²) in [6.07, 6.45) is 2.87. The molecule has 1 heterocycles. The van der Waals surface area contributed by atoms with Crippen LogP contribution in [0, 0.1) is 0 Å². The molecule has 0 aromatic carbocycles. The van der Waals surface area contributed by atoms with Crippen LogP contribution >= 0.6 is 0 Å². The van der Waals surface area contributed by atoms with Crippen LogP contribution in [-0.2, 0) is 9.47 Å². The first-order valence-electron chi connectivity index (χ1n) is 6.93. The average Bonchev–Trinajstić information content (AvgIpc) is 2.36. The monoisotopic (exact) mass is 262 g/mol. The van der Waals surface area contributed by atoms with E-state index in [0.717, 1.165) is 12.8 Å². The Balaban J connectivity index is 2.16. The van der Waals surface area contributed by atoms with E-state index in [1.807, 2.05) is 0 Å². The number of hydrogen-bond acceptors (Lipinski definition) is 5. The highest BCUT2D eigenvalue weighted by Gasteiger charge is 2.36. The van der Waals surface area contributed by atoms with Gasteiger partial charge in [-0.1, -0.05) is 32.6 Å². The molecule has 108 valence electrons. The van der Waals surface area contributed by atoms with E-state index >= 15 is 0 Å². The van der Waals surface area contributed by atoms with Crippen LogP contribution in [0.15, 0.2) is 0 Å². The van der Waals surface area contributed by atoms with E-state index < -0.39 is 24.6 Å². The third-order valence-electron chi connectivity index (χ3n) is 3.25. The third kappa shape index (κ3) is 5.20. The molecule has 0 amide bonds. The van der Waals surface area contributed by atoms with Crippen molar-refractivity contribution >= 4 is 0 Å². The highest BCUT2D eigenvalue weighted by atomic mass is 16.7. The molecular formula is C13H26O5. The van der Waals surface area contributed by atoms with Crippen molar-refractivity contribution in [3.05, 3.63) is 0 Å². The van der Waals surface area contributed by atoms with E-state index in [4.69, 9.17) is 14.6 Å². The van der Waals surface area contributed by atoms with Gasteiger partial charge in [-0.3, -0.25) is 0 Å². The van der Waals surface area contributed by atoms with Crippen LogP contribution in [0.3, 0.4) is 0 Å². The molecule has 0 aromatic rings. The van der Waals surface area contributed by atoms with Gasteiger partial charge in [0.1, 0.15) is 12.2 Å². The predicted octanol–water partition coefficient (Wildman–Crippen LogP) is 0.802. The SMILES string of the molecule is CCCCCCCO[C@H]1O[C@H](CO)[C@@H](O)C[C@@H]1O. The first-order chi connectivity index (χ1) is 8.69. The number of ether oxygens (including phenoxy) is 2. The van der Waals surface area contributed by atoms with Crippen LogP contribution in [-0.4, -0.2) is 53.1 Å². The van der Waals surface area contributed by atoms with Gasteiger partial charge in [-0.2, -0.15) is 0 Å². The fraction of sp³-hybridized carbons (Fsp3) is 1.00. The molecule has 0 aromatic heterocycles. The Hall–Kier alpha value is -0.200. The molecule has 0 saturated carbocycles. The van der Waals surface area contributed by atoms with E-state index in [0.29, 0.717) is 6.61 Å². The second kappa shape index (κ2) is 8.82. The summed E-state index contributed by atoms with van der Waals surface area (Å²) in [5.74, 6) is 0. The Morgan fingerprint density at radius 1 is 1.11 bits per heavy atom. The van der Waals surface area contributed by atoms with Crippen molar-refractivity contribution in [2.75, 3.05) is 13.2 Å². The quantitative estimate of drug-likeness (QED) is 0.564. The van der Waals surface area contributed by atoms with Gasteiger partial charge in [0, 0.05) is 13.0 Å². The van der Waals surface area contributed by atoms with Gasteiger partial charge in [-0.05, 0) is 6.42 Å². The zero-order valence-corrected chi connectivity index (χ0v) is 11.1. The molecule has 0 unspecified atom stereocenters. The molecule has 0 aliphatic carbocycles. The minimum atomic E-state index is -0.825. The van der Waals surface area contributed by atoms with Crippen LogP contribution in [0.2, 0.25) is 0 Å². The van der Waals surface area contributed by atoms with Crippen molar-refractivity contribution < 1.29 is 24.8 Å². The maximum absolute atomic E-state index is 9.70. The number of aliphatic hydroxyl groups is 3. The molecule has 0 radical (unpaired) electrons. The van der Waals surface area contributed by atoms with Crippen molar-refractivity contribution in [1.82, 2.24) is 0 Å². The Morgan fingerprint density at radius 3 is 2.50 bits per heavy atom. The molecule has 3 N–H and O–H groups in total. The van der Waals surface area contributed by atoms with Gasteiger partial charge >= 0.3 is 0 Å². The first-order valence-corrected chi connectivity index (χ1v) is 6.93. The van der Waals surface area contributed by atoms with Gasteiger partial charge in [0.05, 0.1) is 12.7 Å². The van der Waals surface area contributed by atoms with Gasteiger partial charge < -0.3 is 24.8 Å². The van der Waals surface area contributed by atoms with Gasteiger partial charge in [-0.15, -0.1) is 0 Å². The van der Waals surface area contributed by atoms with Crippen molar-refractivity contribution in [1.29, 1.82) is 0 Å². The summed E-state index contributed by atoms with van der Waals surface area (Å²) in [4.78, 5) is 0. The third-order valence-corrected chi connectivity index (χ3v) is 3.25. The van der Waals surface area contributed by atoms with Crippen LogP contribution in [0.4, 0.5) is 0 Å².